The summed E-state index contributed by atoms with van der Waals surface area (Å²) in [5.74, 6) is 1.12. The predicted molar refractivity (Wildman–Crippen MR) is 109 cm³/mol. The molecule has 0 fully saturated rings. The van der Waals surface area contributed by atoms with Crippen molar-refractivity contribution < 1.29 is 5.11 Å². The first kappa shape index (κ1) is 20.2. The Balaban J connectivity index is 0.00000288. The number of pyridine rings is 1. The highest BCUT2D eigenvalue weighted by atomic mass is 127. The molecular weight excluding hydrogens is 415 g/mol. The van der Waals surface area contributed by atoms with Crippen molar-refractivity contribution >= 4 is 29.9 Å². The first-order chi connectivity index (χ1) is 11.3. The maximum absolute atomic E-state index is 9.27. The summed E-state index contributed by atoms with van der Waals surface area (Å²) in [6, 6.07) is 13.2. The minimum Gasteiger partial charge on any atom is -0.508 e. The van der Waals surface area contributed by atoms with E-state index in [0.29, 0.717) is 12.3 Å². The van der Waals surface area contributed by atoms with Crippen molar-refractivity contribution in [2.24, 2.45) is 4.99 Å². The van der Waals surface area contributed by atoms with Crippen LogP contribution in [0, 0.1) is 0 Å². The van der Waals surface area contributed by atoms with Crippen LogP contribution >= 0.6 is 24.0 Å². The molecule has 5 nitrogen and oxygen atoms in total. The number of aliphatic imine (C=N–C) groups is 1. The minimum absolute atomic E-state index is 0. The summed E-state index contributed by atoms with van der Waals surface area (Å²) in [6.07, 6.45) is 3.74. The lowest BCUT2D eigenvalue weighted by molar-refractivity contribution is 0.475. The van der Waals surface area contributed by atoms with Crippen molar-refractivity contribution in [1.82, 2.24) is 15.6 Å². The summed E-state index contributed by atoms with van der Waals surface area (Å²) in [5, 5.41) is 15.8. The van der Waals surface area contributed by atoms with Gasteiger partial charge in [-0.05, 0) is 49.6 Å². The molecule has 0 unspecified atom stereocenters. The van der Waals surface area contributed by atoms with E-state index in [-0.39, 0.29) is 24.0 Å². The Morgan fingerprint density at radius 1 is 1.12 bits per heavy atom. The second-order valence-electron chi connectivity index (χ2n) is 5.21. The van der Waals surface area contributed by atoms with Gasteiger partial charge in [-0.2, -0.15) is 0 Å². The fourth-order valence-electron chi connectivity index (χ4n) is 2.16. The third kappa shape index (κ3) is 7.63. The van der Waals surface area contributed by atoms with Crippen molar-refractivity contribution in [3.05, 3.63) is 59.9 Å². The molecule has 0 spiro atoms. The quantitative estimate of drug-likeness (QED) is 0.268. The first-order valence-corrected chi connectivity index (χ1v) is 7.98. The van der Waals surface area contributed by atoms with Gasteiger partial charge in [0, 0.05) is 19.3 Å². The van der Waals surface area contributed by atoms with Gasteiger partial charge in [0.15, 0.2) is 5.96 Å². The molecule has 0 aliphatic carbocycles. The van der Waals surface area contributed by atoms with Crippen LogP contribution in [0.1, 0.15) is 24.6 Å². The largest absolute Gasteiger partial charge is 0.508 e. The topological polar surface area (TPSA) is 69.5 Å². The Morgan fingerprint density at radius 3 is 2.58 bits per heavy atom. The highest BCUT2D eigenvalue weighted by molar-refractivity contribution is 14.0. The molecule has 0 aliphatic rings. The molecule has 0 saturated carbocycles. The van der Waals surface area contributed by atoms with Crippen molar-refractivity contribution in [2.75, 3.05) is 13.1 Å². The second kappa shape index (κ2) is 11.7. The monoisotopic (exact) mass is 440 g/mol. The SMILES string of the molecule is CCNC(=NCc1ccccn1)NCCCc1ccc(O)cc1.I. The van der Waals surface area contributed by atoms with Crippen LogP contribution in [0.2, 0.25) is 0 Å². The number of aromatic hydroxyl groups is 1. The number of benzene rings is 1. The van der Waals surface area contributed by atoms with Gasteiger partial charge >= 0.3 is 0 Å². The Bertz CT molecular complexity index is 602. The highest BCUT2D eigenvalue weighted by Gasteiger charge is 1.99. The van der Waals surface area contributed by atoms with Crippen LogP contribution in [-0.4, -0.2) is 29.1 Å². The average Bonchev–Trinajstić information content (AvgIpc) is 2.59. The van der Waals surface area contributed by atoms with Gasteiger partial charge < -0.3 is 15.7 Å². The zero-order chi connectivity index (χ0) is 16.3. The molecule has 2 rings (SSSR count). The van der Waals surface area contributed by atoms with E-state index in [9.17, 15) is 5.11 Å². The van der Waals surface area contributed by atoms with Gasteiger partial charge in [0.25, 0.3) is 0 Å². The molecule has 24 heavy (non-hydrogen) atoms. The molecule has 0 saturated heterocycles. The van der Waals surface area contributed by atoms with Crippen LogP contribution in [0.4, 0.5) is 0 Å². The number of rotatable bonds is 7. The third-order valence-corrected chi connectivity index (χ3v) is 3.34. The molecule has 3 N–H and O–H groups in total. The molecule has 0 atom stereocenters. The number of nitrogens with one attached hydrogen (secondary N) is 2. The lowest BCUT2D eigenvalue weighted by Crippen LogP contribution is -2.37. The number of phenolic OH excluding ortho intramolecular Hbond substituents is 1. The van der Waals surface area contributed by atoms with E-state index in [1.54, 1.807) is 18.3 Å². The number of aromatic nitrogens is 1. The summed E-state index contributed by atoms with van der Waals surface area (Å²) in [5.41, 5.74) is 2.17. The molecule has 0 amide bonds. The van der Waals surface area contributed by atoms with Gasteiger partial charge in [0.2, 0.25) is 0 Å². The number of guanidine groups is 1. The molecule has 1 heterocycles. The maximum atomic E-state index is 9.27. The molecule has 6 heteroatoms. The second-order valence-corrected chi connectivity index (χ2v) is 5.21. The maximum Gasteiger partial charge on any atom is 0.191 e. The molecule has 130 valence electrons. The van der Waals surface area contributed by atoms with Crippen molar-refractivity contribution in [1.29, 1.82) is 0 Å². The predicted octanol–water partition coefficient (Wildman–Crippen LogP) is 3.09. The Labute approximate surface area is 160 Å². The number of phenols is 1. The zero-order valence-corrected chi connectivity index (χ0v) is 16.2. The van der Waals surface area contributed by atoms with Crippen LogP contribution in [0.5, 0.6) is 5.75 Å². The Morgan fingerprint density at radius 2 is 1.92 bits per heavy atom. The standard InChI is InChI=1S/C18H24N4O.HI/c1-2-19-18(22-14-16-7-3-4-12-20-16)21-13-5-6-15-8-10-17(23)11-9-15;/h3-4,7-12,23H,2,5-6,13-14H2,1H3,(H2,19,21,22);1H. The van der Waals surface area contributed by atoms with Crippen molar-refractivity contribution in [2.45, 2.75) is 26.3 Å². The number of hydrogen-bond donors (Lipinski definition) is 3. The van der Waals surface area contributed by atoms with Gasteiger partial charge in [-0.15, -0.1) is 24.0 Å². The van der Waals surface area contributed by atoms with E-state index >= 15 is 0 Å². The number of aryl methyl sites for hydroxylation is 1. The fourth-order valence-corrected chi connectivity index (χ4v) is 2.16. The number of hydrogen-bond acceptors (Lipinski definition) is 3. The van der Waals surface area contributed by atoms with Crippen LogP contribution in [0.3, 0.4) is 0 Å². The van der Waals surface area contributed by atoms with E-state index in [1.165, 1.54) is 5.56 Å². The van der Waals surface area contributed by atoms with Crippen LogP contribution < -0.4 is 10.6 Å². The van der Waals surface area contributed by atoms with E-state index in [1.807, 2.05) is 30.3 Å². The van der Waals surface area contributed by atoms with Gasteiger partial charge in [0.05, 0.1) is 12.2 Å². The number of nitrogens with zero attached hydrogens (tertiary/aromatic N) is 2. The highest BCUT2D eigenvalue weighted by Crippen LogP contribution is 2.10. The zero-order valence-electron chi connectivity index (χ0n) is 13.9. The number of halogens is 1. The summed E-state index contributed by atoms with van der Waals surface area (Å²) in [7, 11) is 0. The lowest BCUT2D eigenvalue weighted by Gasteiger charge is -2.11. The normalized spacial score (nSPS) is 10.8. The van der Waals surface area contributed by atoms with E-state index in [0.717, 1.165) is 37.6 Å². The van der Waals surface area contributed by atoms with E-state index < -0.39 is 0 Å². The fraction of sp³-hybridized carbons (Fsp3) is 0.333. The lowest BCUT2D eigenvalue weighted by atomic mass is 10.1. The molecule has 0 radical (unpaired) electrons. The summed E-state index contributed by atoms with van der Waals surface area (Å²) in [4.78, 5) is 8.81. The Hall–Kier alpha value is -1.83. The molecular formula is C18H25IN4O. The average molecular weight is 440 g/mol. The summed E-state index contributed by atoms with van der Waals surface area (Å²) < 4.78 is 0. The molecule has 1 aromatic heterocycles. The van der Waals surface area contributed by atoms with Gasteiger partial charge in [0.1, 0.15) is 5.75 Å². The molecule has 0 bridgehead atoms. The molecule has 0 aliphatic heterocycles. The molecule has 1 aromatic carbocycles. The van der Waals surface area contributed by atoms with Crippen LogP contribution in [0.15, 0.2) is 53.7 Å². The summed E-state index contributed by atoms with van der Waals surface area (Å²) in [6.45, 7) is 4.28. The van der Waals surface area contributed by atoms with Crippen molar-refractivity contribution in [3.8, 4) is 5.75 Å². The van der Waals surface area contributed by atoms with Gasteiger partial charge in [-0.25, -0.2) is 4.99 Å². The minimum atomic E-state index is 0. The summed E-state index contributed by atoms with van der Waals surface area (Å²) >= 11 is 0. The third-order valence-electron chi connectivity index (χ3n) is 3.34. The smallest absolute Gasteiger partial charge is 0.191 e. The van der Waals surface area contributed by atoms with Gasteiger partial charge in [-0.1, -0.05) is 18.2 Å². The molecule has 2 aromatic rings. The van der Waals surface area contributed by atoms with Crippen LogP contribution in [0.25, 0.3) is 0 Å². The van der Waals surface area contributed by atoms with E-state index in [4.69, 9.17) is 0 Å². The van der Waals surface area contributed by atoms with E-state index in [2.05, 4.69) is 27.5 Å². The van der Waals surface area contributed by atoms with Crippen molar-refractivity contribution in [3.63, 3.8) is 0 Å². The Kier molecular flexibility index (Phi) is 9.83. The first-order valence-electron chi connectivity index (χ1n) is 7.98. The van der Waals surface area contributed by atoms with Crippen LogP contribution in [-0.2, 0) is 13.0 Å². The van der Waals surface area contributed by atoms with Gasteiger partial charge in [-0.3, -0.25) is 4.98 Å².